The summed E-state index contributed by atoms with van der Waals surface area (Å²) < 4.78 is 57.1. The molecule has 0 atom stereocenters. The summed E-state index contributed by atoms with van der Waals surface area (Å²) in [5.74, 6) is -7.37. The van der Waals surface area contributed by atoms with Crippen LogP contribution in [0.2, 0.25) is 5.02 Å². The maximum absolute atomic E-state index is 13.3. The van der Waals surface area contributed by atoms with Crippen molar-refractivity contribution in [2.45, 2.75) is 0 Å². The smallest absolute Gasteiger partial charge is 0.204 e. The molecule has 0 aliphatic rings. The first-order chi connectivity index (χ1) is 8.49. The molecule has 0 fully saturated rings. The Morgan fingerprint density at radius 1 is 0.833 bits per heavy atom. The van der Waals surface area contributed by atoms with E-state index in [0.717, 1.165) is 0 Å². The molecule has 0 spiro atoms. The van der Waals surface area contributed by atoms with Crippen LogP contribution in [0.25, 0.3) is 0 Å². The summed E-state index contributed by atoms with van der Waals surface area (Å²) in [6.07, 6.45) is 0. The van der Waals surface area contributed by atoms with Gasteiger partial charge < -0.3 is 4.74 Å². The van der Waals surface area contributed by atoms with Crippen LogP contribution >= 0.6 is 11.6 Å². The fourth-order valence-electron chi connectivity index (χ4n) is 1.26. The molecule has 18 heavy (non-hydrogen) atoms. The number of benzene rings is 2. The molecule has 0 saturated heterocycles. The normalized spacial score (nSPS) is 10.5. The summed E-state index contributed by atoms with van der Waals surface area (Å²) in [6.45, 7) is 0. The lowest BCUT2D eigenvalue weighted by Gasteiger charge is -2.08. The third-order valence-corrected chi connectivity index (χ3v) is 2.36. The van der Waals surface area contributed by atoms with Crippen LogP contribution in [0.1, 0.15) is 0 Å². The third-order valence-electron chi connectivity index (χ3n) is 2.11. The highest BCUT2D eigenvalue weighted by Gasteiger charge is 2.21. The second-order valence-electron chi connectivity index (χ2n) is 3.35. The van der Waals surface area contributed by atoms with Crippen molar-refractivity contribution in [2.24, 2.45) is 0 Å². The van der Waals surface area contributed by atoms with Crippen molar-refractivity contribution in [3.63, 3.8) is 0 Å². The van der Waals surface area contributed by atoms with E-state index in [1.165, 1.54) is 24.3 Å². The summed E-state index contributed by atoms with van der Waals surface area (Å²) >= 11 is 5.60. The van der Waals surface area contributed by atoms with Crippen LogP contribution in [0.3, 0.4) is 0 Å². The first-order valence-corrected chi connectivity index (χ1v) is 5.13. The van der Waals surface area contributed by atoms with Crippen molar-refractivity contribution in [2.75, 3.05) is 0 Å². The molecule has 2 rings (SSSR count). The van der Waals surface area contributed by atoms with Gasteiger partial charge in [-0.1, -0.05) is 11.6 Å². The van der Waals surface area contributed by atoms with Crippen LogP contribution in [0, 0.1) is 23.3 Å². The minimum absolute atomic E-state index is 0.00204. The molecule has 94 valence electrons. The van der Waals surface area contributed by atoms with Gasteiger partial charge in [0.1, 0.15) is 5.75 Å². The molecule has 0 aromatic heterocycles. The Balaban J connectivity index is 2.42. The second kappa shape index (κ2) is 4.86. The number of halogens is 5. The highest BCUT2D eigenvalue weighted by Crippen LogP contribution is 2.31. The summed E-state index contributed by atoms with van der Waals surface area (Å²) in [5, 5.41) is 0.383. The fraction of sp³-hybridized carbons (Fsp3) is 0. The van der Waals surface area contributed by atoms with E-state index in [-0.39, 0.29) is 11.8 Å². The van der Waals surface area contributed by atoms with Gasteiger partial charge in [-0.15, -0.1) is 0 Å². The molecule has 0 aliphatic carbocycles. The van der Waals surface area contributed by atoms with Crippen molar-refractivity contribution in [3.8, 4) is 11.5 Å². The SMILES string of the molecule is Fc1cc(F)c(F)c(Oc2ccc(Cl)cc2)c1F. The monoisotopic (exact) mass is 276 g/mol. The van der Waals surface area contributed by atoms with E-state index in [9.17, 15) is 17.6 Å². The maximum Gasteiger partial charge on any atom is 0.204 e. The van der Waals surface area contributed by atoms with Crippen molar-refractivity contribution in [3.05, 3.63) is 58.6 Å². The molecular formula is C12H5ClF4O. The molecule has 0 unspecified atom stereocenters. The largest absolute Gasteiger partial charge is 0.451 e. The zero-order chi connectivity index (χ0) is 13.3. The second-order valence-corrected chi connectivity index (χ2v) is 3.79. The first-order valence-electron chi connectivity index (χ1n) is 4.75. The summed E-state index contributed by atoms with van der Waals surface area (Å²) in [4.78, 5) is 0. The molecule has 0 radical (unpaired) electrons. The van der Waals surface area contributed by atoms with E-state index in [1.807, 2.05) is 0 Å². The van der Waals surface area contributed by atoms with Gasteiger partial charge in [0.25, 0.3) is 0 Å². The zero-order valence-electron chi connectivity index (χ0n) is 8.68. The highest BCUT2D eigenvalue weighted by molar-refractivity contribution is 6.30. The Labute approximate surface area is 105 Å². The van der Waals surface area contributed by atoms with Crippen LogP contribution in [0.4, 0.5) is 17.6 Å². The molecule has 2 aromatic carbocycles. The average molecular weight is 277 g/mol. The van der Waals surface area contributed by atoms with Gasteiger partial charge in [0.05, 0.1) is 0 Å². The van der Waals surface area contributed by atoms with Gasteiger partial charge in [0.15, 0.2) is 11.6 Å². The minimum Gasteiger partial charge on any atom is -0.451 e. The topological polar surface area (TPSA) is 9.23 Å². The van der Waals surface area contributed by atoms with Crippen LogP contribution in [-0.2, 0) is 0 Å². The highest BCUT2D eigenvalue weighted by atomic mass is 35.5. The maximum atomic E-state index is 13.3. The Morgan fingerprint density at radius 2 is 1.33 bits per heavy atom. The van der Waals surface area contributed by atoms with Crippen LogP contribution in [-0.4, -0.2) is 0 Å². The quantitative estimate of drug-likeness (QED) is 0.571. The molecule has 6 heteroatoms. The van der Waals surface area contributed by atoms with Crippen molar-refractivity contribution in [1.29, 1.82) is 0 Å². The molecule has 1 nitrogen and oxygen atoms in total. The number of ether oxygens (including phenoxy) is 1. The van der Waals surface area contributed by atoms with E-state index < -0.39 is 29.0 Å². The molecule has 0 bridgehead atoms. The van der Waals surface area contributed by atoms with Gasteiger partial charge in [0.2, 0.25) is 17.4 Å². The van der Waals surface area contributed by atoms with Gasteiger partial charge in [-0.25, -0.2) is 8.78 Å². The van der Waals surface area contributed by atoms with E-state index >= 15 is 0 Å². The van der Waals surface area contributed by atoms with Gasteiger partial charge in [0, 0.05) is 11.1 Å². The van der Waals surface area contributed by atoms with Crippen LogP contribution in [0.5, 0.6) is 11.5 Å². The number of rotatable bonds is 2. The summed E-state index contributed by atoms with van der Waals surface area (Å²) in [7, 11) is 0. The van der Waals surface area contributed by atoms with Gasteiger partial charge in [-0.2, -0.15) is 8.78 Å². The standard InChI is InChI=1S/C12H5ClF4O/c13-6-1-3-7(4-2-6)18-12-10(16)8(14)5-9(15)11(12)17/h1-5H. The Hall–Kier alpha value is -1.75. The van der Waals surface area contributed by atoms with Crippen LogP contribution < -0.4 is 4.74 Å². The minimum atomic E-state index is -1.59. The Kier molecular flexibility index (Phi) is 3.43. The number of hydrogen-bond acceptors (Lipinski definition) is 1. The van der Waals surface area contributed by atoms with E-state index in [2.05, 4.69) is 0 Å². The van der Waals surface area contributed by atoms with E-state index in [0.29, 0.717) is 5.02 Å². The van der Waals surface area contributed by atoms with Crippen molar-refractivity contribution >= 4 is 11.6 Å². The van der Waals surface area contributed by atoms with Crippen molar-refractivity contribution < 1.29 is 22.3 Å². The zero-order valence-corrected chi connectivity index (χ0v) is 9.44. The molecule has 0 heterocycles. The first kappa shape index (κ1) is 12.7. The molecule has 0 aliphatic heterocycles. The molecule has 0 N–H and O–H groups in total. The van der Waals surface area contributed by atoms with Gasteiger partial charge in [-0.3, -0.25) is 0 Å². The Morgan fingerprint density at radius 3 is 1.83 bits per heavy atom. The third kappa shape index (κ3) is 2.41. The molecule has 0 saturated carbocycles. The number of hydrogen-bond donors (Lipinski definition) is 0. The molecular weight excluding hydrogens is 272 g/mol. The molecule has 2 aromatic rings. The average Bonchev–Trinajstić information content (AvgIpc) is 2.34. The lowest BCUT2D eigenvalue weighted by Crippen LogP contribution is -1.99. The Bertz CT molecular complexity index is 557. The fourth-order valence-corrected chi connectivity index (χ4v) is 1.39. The predicted molar refractivity (Wildman–Crippen MR) is 57.8 cm³/mol. The molecule has 0 amide bonds. The van der Waals surface area contributed by atoms with Crippen molar-refractivity contribution in [1.82, 2.24) is 0 Å². The van der Waals surface area contributed by atoms with Gasteiger partial charge >= 0.3 is 0 Å². The lowest BCUT2D eigenvalue weighted by atomic mass is 10.3. The van der Waals surface area contributed by atoms with E-state index in [4.69, 9.17) is 16.3 Å². The van der Waals surface area contributed by atoms with E-state index in [1.54, 1.807) is 0 Å². The van der Waals surface area contributed by atoms with Crippen LogP contribution in [0.15, 0.2) is 30.3 Å². The lowest BCUT2D eigenvalue weighted by molar-refractivity contribution is 0.366. The summed E-state index contributed by atoms with van der Waals surface area (Å²) in [6, 6.07) is 5.54. The summed E-state index contributed by atoms with van der Waals surface area (Å²) in [5.41, 5.74) is 0. The van der Waals surface area contributed by atoms with Gasteiger partial charge in [-0.05, 0) is 24.3 Å². The predicted octanol–water partition coefficient (Wildman–Crippen LogP) is 4.69.